The topological polar surface area (TPSA) is 30.5 Å². The summed E-state index contributed by atoms with van der Waals surface area (Å²) in [6, 6.07) is 5.27. The molecule has 1 aliphatic rings. The van der Waals surface area contributed by atoms with E-state index in [4.69, 9.17) is 9.47 Å². The molecular weight excluding hydrogens is 245 g/mol. The highest BCUT2D eigenvalue weighted by atomic mass is 19.1. The molecule has 0 bridgehead atoms. The molecule has 3 nitrogen and oxygen atoms in total. The lowest BCUT2D eigenvalue weighted by molar-refractivity contribution is -0.00471. The molecule has 0 aromatic heterocycles. The standard InChI is InChI=1S/C15H22FNO2/c1-17-14-5-3-4-6-15(14)19-10-11-7-8-12(18-2)9-13(11)16/h7-9,14-15,17H,3-6,10H2,1-2H3. The fraction of sp³-hybridized carbons (Fsp3) is 0.600. The van der Waals surface area contributed by atoms with E-state index < -0.39 is 0 Å². The van der Waals surface area contributed by atoms with Crippen LogP contribution in [0.4, 0.5) is 4.39 Å². The van der Waals surface area contributed by atoms with E-state index in [1.54, 1.807) is 12.1 Å². The van der Waals surface area contributed by atoms with Gasteiger partial charge in [-0.05, 0) is 26.0 Å². The van der Waals surface area contributed by atoms with Crippen LogP contribution < -0.4 is 10.1 Å². The molecule has 4 heteroatoms. The Hall–Kier alpha value is -1.13. The number of ether oxygens (including phenoxy) is 2. The molecule has 0 radical (unpaired) electrons. The molecule has 19 heavy (non-hydrogen) atoms. The van der Waals surface area contributed by atoms with E-state index in [0.717, 1.165) is 12.8 Å². The maximum Gasteiger partial charge on any atom is 0.132 e. The Bertz CT molecular complexity index is 411. The van der Waals surface area contributed by atoms with Gasteiger partial charge in [-0.25, -0.2) is 4.39 Å². The van der Waals surface area contributed by atoms with Crippen molar-refractivity contribution in [3.63, 3.8) is 0 Å². The van der Waals surface area contributed by atoms with E-state index in [1.807, 2.05) is 7.05 Å². The summed E-state index contributed by atoms with van der Waals surface area (Å²) in [5, 5.41) is 3.28. The highest BCUT2D eigenvalue weighted by Crippen LogP contribution is 2.23. The molecule has 0 spiro atoms. The van der Waals surface area contributed by atoms with E-state index in [-0.39, 0.29) is 11.9 Å². The third kappa shape index (κ3) is 3.67. The summed E-state index contributed by atoms with van der Waals surface area (Å²) in [6.45, 7) is 0.318. The monoisotopic (exact) mass is 267 g/mol. The van der Waals surface area contributed by atoms with Crippen molar-refractivity contribution < 1.29 is 13.9 Å². The van der Waals surface area contributed by atoms with Crippen LogP contribution in [-0.2, 0) is 11.3 Å². The number of benzene rings is 1. The summed E-state index contributed by atoms with van der Waals surface area (Å²) in [5.41, 5.74) is 0.584. The lowest BCUT2D eigenvalue weighted by Crippen LogP contribution is -2.41. The van der Waals surface area contributed by atoms with Crippen LogP contribution >= 0.6 is 0 Å². The Balaban J connectivity index is 1.94. The maximum absolute atomic E-state index is 13.8. The van der Waals surface area contributed by atoms with Gasteiger partial charge >= 0.3 is 0 Å². The minimum absolute atomic E-state index is 0.181. The summed E-state index contributed by atoms with van der Waals surface area (Å²) >= 11 is 0. The Labute approximate surface area is 114 Å². The van der Waals surface area contributed by atoms with Crippen LogP contribution in [0.2, 0.25) is 0 Å². The molecule has 1 aromatic carbocycles. The van der Waals surface area contributed by atoms with Crippen LogP contribution in [-0.4, -0.2) is 26.3 Å². The molecule has 1 N–H and O–H groups in total. The van der Waals surface area contributed by atoms with Gasteiger partial charge in [-0.1, -0.05) is 18.9 Å². The van der Waals surface area contributed by atoms with Crippen molar-refractivity contribution in [3.8, 4) is 5.75 Å². The molecule has 1 saturated carbocycles. The lowest BCUT2D eigenvalue weighted by atomic mass is 9.92. The van der Waals surface area contributed by atoms with E-state index >= 15 is 0 Å². The zero-order valence-corrected chi connectivity index (χ0v) is 11.6. The minimum atomic E-state index is -0.267. The molecular formula is C15H22FNO2. The number of likely N-dealkylation sites (N-methyl/N-ethyl adjacent to an activating group) is 1. The third-order valence-corrected chi connectivity index (χ3v) is 3.79. The molecule has 0 amide bonds. The number of methoxy groups -OCH3 is 1. The van der Waals surface area contributed by atoms with Crippen molar-refractivity contribution in [1.29, 1.82) is 0 Å². The summed E-state index contributed by atoms with van der Waals surface area (Å²) in [7, 11) is 3.49. The van der Waals surface area contributed by atoms with Gasteiger partial charge in [-0.15, -0.1) is 0 Å². The molecule has 0 saturated heterocycles. The predicted molar refractivity (Wildman–Crippen MR) is 72.8 cm³/mol. The molecule has 1 aromatic rings. The quantitative estimate of drug-likeness (QED) is 0.890. The van der Waals surface area contributed by atoms with Crippen molar-refractivity contribution in [3.05, 3.63) is 29.6 Å². The fourth-order valence-electron chi connectivity index (χ4n) is 2.60. The zero-order chi connectivity index (χ0) is 13.7. The molecule has 2 unspecified atom stereocenters. The fourth-order valence-corrected chi connectivity index (χ4v) is 2.60. The maximum atomic E-state index is 13.8. The van der Waals surface area contributed by atoms with E-state index in [2.05, 4.69) is 5.32 Å². The molecule has 0 aliphatic heterocycles. The molecule has 1 aliphatic carbocycles. The van der Waals surface area contributed by atoms with Gasteiger partial charge in [0.25, 0.3) is 0 Å². The molecule has 1 fully saturated rings. The first-order valence-electron chi connectivity index (χ1n) is 6.86. The van der Waals surface area contributed by atoms with E-state index in [9.17, 15) is 4.39 Å². The van der Waals surface area contributed by atoms with Crippen LogP contribution in [0.3, 0.4) is 0 Å². The average Bonchev–Trinajstić information content (AvgIpc) is 2.46. The van der Waals surface area contributed by atoms with Gasteiger partial charge < -0.3 is 14.8 Å². The highest BCUT2D eigenvalue weighted by Gasteiger charge is 2.24. The van der Waals surface area contributed by atoms with Crippen molar-refractivity contribution in [2.75, 3.05) is 14.2 Å². The predicted octanol–water partition coefficient (Wildman–Crippen LogP) is 2.88. The first-order chi connectivity index (χ1) is 9.24. The average molecular weight is 267 g/mol. The number of nitrogens with one attached hydrogen (secondary N) is 1. The zero-order valence-electron chi connectivity index (χ0n) is 11.6. The molecule has 106 valence electrons. The van der Waals surface area contributed by atoms with Crippen LogP contribution in [0.25, 0.3) is 0 Å². The van der Waals surface area contributed by atoms with E-state index in [1.165, 1.54) is 26.0 Å². The van der Waals surface area contributed by atoms with Crippen LogP contribution in [0.1, 0.15) is 31.2 Å². The second-order valence-electron chi connectivity index (χ2n) is 4.99. The first-order valence-corrected chi connectivity index (χ1v) is 6.86. The Morgan fingerprint density at radius 1 is 1.32 bits per heavy atom. The number of hydrogen-bond acceptors (Lipinski definition) is 3. The normalized spacial score (nSPS) is 23.3. The Morgan fingerprint density at radius 2 is 2.11 bits per heavy atom. The number of hydrogen-bond donors (Lipinski definition) is 1. The first kappa shape index (κ1) is 14.3. The van der Waals surface area contributed by atoms with Gasteiger partial charge in [-0.2, -0.15) is 0 Å². The van der Waals surface area contributed by atoms with Gasteiger partial charge in [0, 0.05) is 17.7 Å². The number of halogens is 1. The second kappa shape index (κ2) is 6.87. The summed E-state index contributed by atoms with van der Waals surface area (Å²) in [5.74, 6) is 0.267. The molecule has 2 rings (SSSR count). The molecule has 0 heterocycles. The Morgan fingerprint density at radius 3 is 2.79 bits per heavy atom. The van der Waals surface area contributed by atoms with E-state index in [0.29, 0.717) is 24.0 Å². The van der Waals surface area contributed by atoms with Gasteiger partial charge in [-0.3, -0.25) is 0 Å². The van der Waals surface area contributed by atoms with Gasteiger partial charge in [0.2, 0.25) is 0 Å². The summed E-state index contributed by atoms with van der Waals surface area (Å²) < 4.78 is 24.7. The van der Waals surface area contributed by atoms with Gasteiger partial charge in [0.1, 0.15) is 11.6 Å². The largest absolute Gasteiger partial charge is 0.497 e. The number of rotatable bonds is 5. The lowest BCUT2D eigenvalue weighted by Gasteiger charge is -2.31. The SMILES string of the molecule is CNC1CCCCC1OCc1ccc(OC)cc1F. The van der Waals surface area contributed by atoms with Gasteiger partial charge in [0.15, 0.2) is 0 Å². The van der Waals surface area contributed by atoms with Gasteiger partial charge in [0.05, 0.1) is 19.8 Å². The minimum Gasteiger partial charge on any atom is -0.497 e. The third-order valence-electron chi connectivity index (χ3n) is 3.79. The van der Waals surface area contributed by atoms with Crippen LogP contribution in [0, 0.1) is 5.82 Å². The second-order valence-corrected chi connectivity index (χ2v) is 4.99. The van der Waals surface area contributed by atoms with Crippen molar-refractivity contribution in [2.45, 2.75) is 44.4 Å². The van der Waals surface area contributed by atoms with Crippen LogP contribution in [0.5, 0.6) is 5.75 Å². The van der Waals surface area contributed by atoms with Crippen LogP contribution in [0.15, 0.2) is 18.2 Å². The summed E-state index contributed by atoms with van der Waals surface area (Å²) in [4.78, 5) is 0. The van der Waals surface area contributed by atoms with Crippen molar-refractivity contribution >= 4 is 0 Å². The van der Waals surface area contributed by atoms with Crippen molar-refractivity contribution in [1.82, 2.24) is 5.32 Å². The smallest absolute Gasteiger partial charge is 0.132 e. The Kier molecular flexibility index (Phi) is 5.16. The summed E-state index contributed by atoms with van der Waals surface area (Å²) in [6.07, 6.45) is 4.78. The molecule has 2 atom stereocenters. The highest BCUT2D eigenvalue weighted by molar-refractivity contribution is 5.28. The van der Waals surface area contributed by atoms with Crippen molar-refractivity contribution in [2.24, 2.45) is 0 Å².